The molecule has 4 aromatic carbocycles. The molecule has 45 heavy (non-hydrogen) atoms. The highest BCUT2D eigenvalue weighted by Gasteiger charge is 2.18. The van der Waals surface area contributed by atoms with Crippen LogP contribution in [-0.4, -0.2) is 35.5 Å². The highest BCUT2D eigenvalue weighted by atomic mass is 79.9. The van der Waals surface area contributed by atoms with Gasteiger partial charge in [0.05, 0.1) is 24.2 Å². The van der Waals surface area contributed by atoms with Gasteiger partial charge in [-0.1, -0.05) is 52.3 Å². The first-order valence-corrected chi connectivity index (χ1v) is 14.8. The highest BCUT2D eigenvalue weighted by molar-refractivity contribution is 9.10. The van der Waals surface area contributed by atoms with Gasteiger partial charge in [0.25, 0.3) is 11.5 Å². The maximum atomic E-state index is 13.7. The van der Waals surface area contributed by atoms with E-state index in [2.05, 4.69) is 32.9 Å². The number of nitrogens with one attached hydrogen (secondary N) is 1. The third kappa shape index (κ3) is 6.41. The van der Waals surface area contributed by atoms with E-state index >= 15 is 0 Å². The summed E-state index contributed by atoms with van der Waals surface area (Å²) in [4.78, 5) is 31.0. The lowest BCUT2D eigenvalue weighted by Crippen LogP contribution is -2.21. The predicted molar refractivity (Wildman–Crippen MR) is 179 cm³/mol. The van der Waals surface area contributed by atoms with E-state index in [0.717, 1.165) is 15.4 Å². The number of allylic oxidation sites excluding steroid dienone is 1. The van der Waals surface area contributed by atoms with Crippen molar-refractivity contribution in [1.82, 2.24) is 9.66 Å². The van der Waals surface area contributed by atoms with Crippen LogP contribution in [0.4, 0.5) is 5.69 Å². The van der Waals surface area contributed by atoms with Gasteiger partial charge in [0, 0.05) is 21.1 Å². The molecular formula is C35H27BrN4O5. The van der Waals surface area contributed by atoms with Gasteiger partial charge in [-0.3, -0.25) is 9.59 Å². The van der Waals surface area contributed by atoms with Crippen molar-refractivity contribution < 1.29 is 18.7 Å². The van der Waals surface area contributed by atoms with Crippen molar-refractivity contribution in [1.29, 1.82) is 0 Å². The van der Waals surface area contributed by atoms with E-state index in [1.54, 1.807) is 48.7 Å². The van der Waals surface area contributed by atoms with Crippen LogP contribution >= 0.6 is 15.9 Å². The molecule has 0 spiro atoms. The molecule has 2 heterocycles. The minimum absolute atomic E-state index is 0.224. The monoisotopic (exact) mass is 662 g/mol. The Morgan fingerprint density at radius 3 is 2.67 bits per heavy atom. The summed E-state index contributed by atoms with van der Waals surface area (Å²) in [5.41, 5.74) is 2.85. The Labute approximate surface area is 266 Å². The van der Waals surface area contributed by atoms with Crippen molar-refractivity contribution in [2.45, 2.75) is 6.42 Å². The first-order valence-electron chi connectivity index (χ1n) is 14.0. The second kappa shape index (κ2) is 13.0. The fourth-order valence-electron chi connectivity index (χ4n) is 4.88. The molecule has 2 aromatic heterocycles. The minimum atomic E-state index is -0.351. The number of hydrogen-bond acceptors (Lipinski definition) is 7. The van der Waals surface area contributed by atoms with Gasteiger partial charge in [0.15, 0.2) is 23.9 Å². The Kier molecular flexibility index (Phi) is 8.56. The lowest BCUT2D eigenvalue weighted by atomic mass is 10.1. The molecule has 0 aliphatic heterocycles. The number of hydrogen-bond donors (Lipinski definition) is 1. The molecule has 1 N–H and O–H groups in total. The number of benzene rings is 4. The Balaban J connectivity index is 1.37. The van der Waals surface area contributed by atoms with Crippen molar-refractivity contribution in [3.63, 3.8) is 0 Å². The van der Waals surface area contributed by atoms with Crippen LogP contribution in [0.5, 0.6) is 11.5 Å². The number of methoxy groups -OCH3 is 1. The van der Waals surface area contributed by atoms with Crippen molar-refractivity contribution in [3.05, 3.63) is 130 Å². The molecule has 0 aliphatic carbocycles. The van der Waals surface area contributed by atoms with E-state index in [9.17, 15) is 9.59 Å². The molecule has 0 saturated heterocycles. The van der Waals surface area contributed by atoms with Crippen LogP contribution in [0.3, 0.4) is 0 Å². The zero-order valence-electron chi connectivity index (χ0n) is 24.2. The van der Waals surface area contributed by atoms with E-state index in [0.29, 0.717) is 51.4 Å². The Hall–Kier alpha value is -5.48. The van der Waals surface area contributed by atoms with Crippen LogP contribution in [0.2, 0.25) is 0 Å². The molecule has 9 nitrogen and oxygen atoms in total. The largest absolute Gasteiger partial charge is 0.493 e. The molecule has 0 aliphatic rings. The number of para-hydroxylation sites is 2. The van der Waals surface area contributed by atoms with Gasteiger partial charge in [-0.25, -0.2) is 4.98 Å². The number of carbonyl (C=O) groups is 1. The summed E-state index contributed by atoms with van der Waals surface area (Å²) >= 11 is 3.49. The molecule has 10 heteroatoms. The summed E-state index contributed by atoms with van der Waals surface area (Å²) in [6.45, 7) is 3.64. The summed E-state index contributed by atoms with van der Waals surface area (Å²) in [6, 6.07) is 27.3. The molecule has 0 unspecified atom stereocenters. The Bertz CT molecular complexity index is 2140. The van der Waals surface area contributed by atoms with Gasteiger partial charge in [-0.05, 0) is 72.6 Å². The first-order chi connectivity index (χ1) is 21.9. The third-order valence-corrected chi connectivity index (χ3v) is 7.41. The average Bonchev–Trinajstić information content (AvgIpc) is 3.47. The molecule has 0 radical (unpaired) electrons. The summed E-state index contributed by atoms with van der Waals surface area (Å²) in [6.07, 6.45) is 3.70. The maximum absolute atomic E-state index is 13.7. The Morgan fingerprint density at radius 2 is 1.87 bits per heavy atom. The molecule has 0 fully saturated rings. The van der Waals surface area contributed by atoms with E-state index in [1.807, 2.05) is 54.6 Å². The van der Waals surface area contributed by atoms with E-state index < -0.39 is 0 Å². The number of fused-ring (bicyclic) bond motifs is 2. The van der Waals surface area contributed by atoms with Gasteiger partial charge in [-0.15, -0.1) is 6.58 Å². The van der Waals surface area contributed by atoms with Gasteiger partial charge in [0.1, 0.15) is 5.58 Å². The van der Waals surface area contributed by atoms with E-state index in [4.69, 9.17) is 18.9 Å². The van der Waals surface area contributed by atoms with Gasteiger partial charge >= 0.3 is 0 Å². The van der Waals surface area contributed by atoms with Crippen molar-refractivity contribution in [3.8, 4) is 23.1 Å². The van der Waals surface area contributed by atoms with Gasteiger partial charge in [-0.2, -0.15) is 9.78 Å². The highest BCUT2D eigenvalue weighted by Crippen LogP contribution is 2.34. The quantitative estimate of drug-likeness (QED) is 0.123. The molecule has 224 valence electrons. The standard InChI is InChI=1S/C35H27BrN4O5/c1-3-9-23-16-22(17-30(43-2)33(23)44-21-32(41)38-26-10-5-4-6-11-26)20-37-40-34(39-28-13-8-7-12-27(28)35(40)42)31-19-24-18-25(36)14-15-29(24)45-31/h3-8,10-20H,1,9,21H2,2H3,(H,38,41). The molecule has 0 saturated carbocycles. The second-order valence-corrected chi connectivity index (χ2v) is 10.9. The fraction of sp³-hybridized carbons (Fsp3) is 0.0857. The second-order valence-electron chi connectivity index (χ2n) is 10.0. The molecule has 6 aromatic rings. The number of rotatable bonds is 10. The number of furan rings is 1. The van der Waals surface area contributed by atoms with Crippen LogP contribution in [0.25, 0.3) is 33.5 Å². The number of ether oxygens (including phenoxy) is 2. The number of aromatic nitrogens is 2. The average molecular weight is 664 g/mol. The summed E-state index contributed by atoms with van der Waals surface area (Å²) in [7, 11) is 1.51. The number of halogens is 1. The normalized spacial score (nSPS) is 11.2. The first kappa shape index (κ1) is 29.6. The lowest BCUT2D eigenvalue weighted by molar-refractivity contribution is -0.118. The van der Waals surface area contributed by atoms with E-state index in [-0.39, 0.29) is 23.9 Å². The minimum Gasteiger partial charge on any atom is -0.493 e. The number of carbonyl (C=O) groups excluding carboxylic acids is 1. The molecule has 0 atom stereocenters. The van der Waals surface area contributed by atoms with Crippen molar-refractivity contribution in [2.75, 3.05) is 19.0 Å². The molecular weight excluding hydrogens is 636 g/mol. The maximum Gasteiger partial charge on any atom is 0.282 e. The number of amides is 1. The summed E-state index contributed by atoms with van der Waals surface area (Å²) < 4.78 is 19.8. The number of nitrogens with zero attached hydrogens (tertiary/aromatic N) is 3. The third-order valence-electron chi connectivity index (χ3n) is 6.92. The molecule has 0 bridgehead atoms. The van der Waals surface area contributed by atoms with Crippen LogP contribution in [0.1, 0.15) is 11.1 Å². The molecule has 1 amide bonds. The van der Waals surface area contributed by atoms with Crippen molar-refractivity contribution in [2.24, 2.45) is 5.10 Å². The van der Waals surface area contributed by atoms with E-state index in [1.165, 1.54) is 11.8 Å². The van der Waals surface area contributed by atoms with Gasteiger partial charge in [0.2, 0.25) is 5.82 Å². The Morgan fingerprint density at radius 1 is 1.07 bits per heavy atom. The predicted octanol–water partition coefficient (Wildman–Crippen LogP) is 7.21. The number of anilines is 1. The SMILES string of the molecule is C=CCc1cc(C=Nn2c(-c3cc4cc(Br)ccc4o3)nc3ccccc3c2=O)cc(OC)c1OCC(=O)Nc1ccccc1. The zero-order chi connectivity index (χ0) is 31.3. The topological polar surface area (TPSA) is 108 Å². The van der Waals surface area contributed by atoms with Gasteiger partial charge < -0.3 is 19.2 Å². The van der Waals surface area contributed by atoms with Crippen LogP contribution < -0.4 is 20.3 Å². The van der Waals surface area contributed by atoms with Crippen LogP contribution in [-0.2, 0) is 11.2 Å². The lowest BCUT2D eigenvalue weighted by Gasteiger charge is -2.16. The summed E-state index contributed by atoms with van der Waals surface area (Å²) in [5, 5.41) is 8.65. The zero-order valence-corrected chi connectivity index (χ0v) is 25.8. The summed E-state index contributed by atoms with van der Waals surface area (Å²) in [5.74, 6) is 1.15. The molecule has 6 rings (SSSR count). The smallest absolute Gasteiger partial charge is 0.282 e. The fourth-order valence-corrected chi connectivity index (χ4v) is 5.25. The van der Waals surface area contributed by atoms with Crippen LogP contribution in [0, 0.1) is 0 Å². The van der Waals surface area contributed by atoms with Crippen LogP contribution in [0.15, 0.2) is 122 Å². The van der Waals surface area contributed by atoms with Crippen molar-refractivity contribution >= 4 is 55.6 Å².